The quantitative estimate of drug-likeness (QED) is 0.416. The topological polar surface area (TPSA) is 75.2 Å². The number of hydrogen-bond donors (Lipinski definition) is 0. The molecule has 0 N–H and O–H groups in total. The number of fused-ring (bicyclic) bond motifs is 1. The zero-order chi connectivity index (χ0) is 21.5. The first-order valence-electron chi connectivity index (χ1n) is 8.92. The number of tetrazole rings is 1. The third-order valence-electron chi connectivity index (χ3n) is 4.47. The van der Waals surface area contributed by atoms with Crippen LogP contribution in [-0.4, -0.2) is 33.9 Å². The molecule has 0 bridgehead atoms. The fraction of sp³-hybridized carbons (Fsp3) is 0.158. The number of benzene rings is 2. The zero-order valence-electron chi connectivity index (χ0n) is 15.8. The van der Waals surface area contributed by atoms with Crippen LogP contribution in [0.4, 0.5) is 8.78 Å². The minimum Gasteiger partial charge on any atom is -0.497 e. The van der Waals surface area contributed by atoms with E-state index in [0.717, 1.165) is 11.3 Å². The molecule has 12 heteroatoms. The van der Waals surface area contributed by atoms with Crippen molar-refractivity contribution in [3.8, 4) is 39.5 Å². The van der Waals surface area contributed by atoms with E-state index in [9.17, 15) is 8.78 Å². The van der Waals surface area contributed by atoms with Crippen LogP contribution in [0, 0.1) is 0 Å². The molecular formula is C19H13ClF2N5O3S+. The van der Waals surface area contributed by atoms with Gasteiger partial charge in [-0.15, -0.1) is 0 Å². The minimum absolute atomic E-state index is 0.105. The van der Waals surface area contributed by atoms with Gasteiger partial charge < -0.3 is 14.2 Å². The molecule has 0 atom stereocenters. The number of aromatic nitrogens is 5. The van der Waals surface area contributed by atoms with Crippen LogP contribution in [0.5, 0.6) is 17.2 Å². The van der Waals surface area contributed by atoms with Crippen LogP contribution in [-0.2, 0) is 0 Å². The van der Waals surface area contributed by atoms with E-state index in [4.69, 9.17) is 25.8 Å². The van der Waals surface area contributed by atoms with E-state index in [0.29, 0.717) is 34.3 Å². The molecule has 31 heavy (non-hydrogen) atoms. The number of ether oxygens (including phenoxy) is 3. The van der Waals surface area contributed by atoms with Crippen molar-refractivity contribution in [1.82, 2.24) is 20.0 Å². The second-order valence-corrected chi connectivity index (χ2v) is 7.90. The average molecular weight is 465 g/mol. The first-order valence-corrected chi connectivity index (χ1v) is 10.1. The summed E-state index contributed by atoms with van der Waals surface area (Å²) < 4.78 is 42.3. The first-order chi connectivity index (χ1) is 15.0. The molecular weight excluding hydrogens is 452 g/mol. The van der Waals surface area contributed by atoms with Crippen molar-refractivity contribution in [2.45, 2.75) is 6.43 Å². The molecule has 5 rings (SSSR count). The lowest BCUT2D eigenvalue weighted by molar-refractivity contribution is -0.734. The number of thiazole rings is 1. The fourth-order valence-electron chi connectivity index (χ4n) is 2.96. The summed E-state index contributed by atoms with van der Waals surface area (Å²) in [5.74, 6) is 2.18. The van der Waals surface area contributed by atoms with Crippen LogP contribution in [0.25, 0.3) is 22.2 Å². The van der Waals surface area contributed by atoms with Gasteiger partial charge in [-0.05, 0) is 68.5 Å². The van der Waals surface area contributed by atoms with Gasteiger partial charge in [0.2, 0.25) is 12.5 Å². The van der Waals surface area contributed by atoms with Crippen molar-refractivity contribution in [3.63, 3.8) is 0 Å². The molecule has 0 aliphatic carbocycles. The smallest absolute Gasteiger partial charge is 0.366 e. The Labute approximate surface area is 183 Å². The summed E-state index contributed by atoms with van der Waals surface area (Å²) in [5.41, 5.74) is 0.773. The number of halogens is 3. The second-order valence-electron chi connectivity index (χ2n) is 6.32. The Bertz CT molecular complexity index is 1260. The van der Waals surface area contributed by atoms with Crippen LogP contribution in [0.3, 0.4) is 0 Å². The van der Waals surface area contributed by atoms with E-state index in [1.807, 2.05) is 0 Å². The highest BCUT2D eigenvalue weighted by molar-refractivity contribution is 7.17. The molecule has 3 heterocycles. The van der Waals surface area contributed by atoms with Gasteiger partial charge in [0, 0.05) is 10.7 Å². The van der Waals surface area contributed by atoms with Crippen LogP contribution in [0.1, 0.15) is 12.1 Å². The maximum atomic E-state index is 13.2. The summed E-state index contributed by atoms with van der Waals surface area (Å²) in [6.45, 7) is 0.139. The lowest BCUT2D eigenvalue weighted by Gasteiger charge is -2.01. The summed E-state index contributed by atoms with van der Waals surface area (Å²) in [6.07, 6.45) is -2.80. The lowest BCUT2D eigenvalue weighted by atomic mass is 10.2. The Morgan fingerprint density at radius 1 is 1.16 bits per heavy atom. The number of hydrogen-bond acceptors (Lipinski definition) is 7. The summed E-state index contributed by atoms with van der Waals surface area (Å²) in [4.78, 5) is 6.74. The summed E-state index contributed by atoms with van der Waals surface area (Å²) in [5, 5.41) is 9.20. The van der Waals surface area contributed by atoms with Crippen molar-refractivity contribution in [2.75, 3.05) is 13.9 Å². The molecule has 2 aromatic carbocycles. The molecule has 1 aliphatic heterocycles. The van der Waals surface area contributed by atoms with E-state index in [2.05, 4.69) is 15.2 Å². The normalized spacial score (nSPS) is 12.5. The van der Waals surface area contributed by atoms with Crippen molar-refractivity contribution < 1.29 is 27.8 Å². The monoisotopic (exact) mass is 464 g/mol. The van der Waals surface area contributed by atoms with Gasteiger partial charge in [-0.2, -0.15) is 0 Å². The Balaban J connectivity index is 1.65. The SMILES string of the molecule is COc1ccc(-n2nc(-c3ccc4c(c3)OCO4)n[n+]2-c2nc(C(F)F)c(Cl)s2)cc1. The highest BCUT2D eigenvalue weighted by atomic mass is 35.5. The molecule has 0 radical (unpaired) electrons. The van der Waals surface area contributed by atoms with Crippen LogP contribution in [0.15, 0.2) is 42.5 Å². The minimum atomic E-state index is -2.80. The fourth-order valence-corrected chi connectivity index (χ4v) is 4.04. The molecule has 0 saturated carbocycles. The number of alkyl halides is 2. The first kappa shape index (κ1) is 19.6. The zero-order valence-corrected chi connectivity index (χ0v) is 17.4. The number of nitrogens with zero attached hydrogens (tertiary/aromatic N) is 5. The molecule has 2 aromatic heterocycles. The molecule has 0 unspecified atom stereocenters. The third kappa shape index (κ3) is 3.55. The van der Waals surface area contributed by atoms with E-state index in [1.54, 1.807) is 49.6 Å². The largest absolute Gasteiger partial charge is 0.497 e. The summed E-state index contributed by atoms with van der Waals surface area (Å²) in [6, 6.07) is 12.3. The van der Waals surface area contributed by atoms with E-state index in [-0.39, 0.29) is 16.3 Å². The molecule has 8 nitrogen and oxygen atoms in total. The molecule has 4 aromatic rings. The average Bonchev–Trinajstić information content (AvgIpc) is 3.50. The van der Waals surface area contributed by atoms with Gasteiger partial charge in [-0.25, -0.2) is 8.78 Å². The van der Waals surface area contributed by atoms with Crippen LogP contribution >= 0.6 is 22.9 Å². The molecule has 0 amide bonds. The predicted molar refractivity (Wildman–Crippen MR) is 107 cm³/mol. The standard InChI is InChI=1S/C19H13ClF2N5O3S/c1-28-12-5-3-11(4-6-12)26-24-18(10-2-7-13-14(8-10)30-9-29-13)25-27(26)19-23-15(17(21)22)16(20)31-19/h2-8,17H,9H2,1H3/q+1. The van der Waals surface area contributed by atoms with Crippen molar-refractivity contribution in [1.29, 1.82) is 0 Å². The van der Waals surface area contributed by atoms with Gasteiger partial charge in [0.25, 0.3) is 12.2 Å². The molecule has 158 valence electrons. The molecule has 0 saturated heterocycles. The Hall–Kier alpha value is -3.31. The lowest BCUT2D eigenvalue weighted by Crippen LogP contribution is -2.43. The van der Waals surface area contributed by atoms with Crippen molar-refractivity contribution in [2.24, 2.45) is 0 Å². The van der Waals surface area contributed by atoms with Gasteiger partial charge in [0.05, 0.1) is 7.11 Å². The second kappa shape index (κ2) is 7.75. The highest BCUT2D eigenvalue weighted by Crippen LogP contribution is 2.35. The van der Waals surface area contributed by atoms with Crippen LogP contribution in [0.2, 0.25) is 4.34 Å². The van der Waals surface area contributed by atoms with Gasteiger partial charge in [0.15, 0.2) is 11.5 Å². The summed E-state index contributed by atoms with van der Waals surface area (Å²) >= 11 is 6.86. The Kier molecular flexibility index (Phi) is 4.91. The molecule has 1 aliphatic rings. The molecule has 0 fully saturated rings. The number of methoxy groups -OCH3 is 1. The van der Waals surface area contributed by atoms with E-state index >= 15 is 0 Å². The third-order valence-corrected chi connectivity index (χ3v) is 5.72. The van der Waals surface area contributed by atoms with Gasteiger partial charge in [-0.3, -0.25) is 0 Å². The Morgan fingerprint density at radius 3 is 2.65 bits per heavy atom. The maximum absolute atomic E-state index is 13.2. The predicted octanol–water partition coefficient (Wildman–Crippen LogP) is 4.00. The van der Waals surface area contributed by atoms with Gasteiger partial charge in [0.1, 0.15) is 15.8 Å². The highest BCUT2D eigenvalue weighted by Gasteiger charge is 2.30. The van der Waals surface area contributed by atoms with Crippen molar-refractivity contribution in [3.05, 3.63) is 52.5 Å². The number of rotatable bonds is 5. The maximum Gasteiger partial charge on any atom is 0.366 e. The van der Waals surface area contributed by atoms with Crippen LogP contribution < -0.4 is 19.0 Å². The van der Waals surface area contributed by atoms with Gasteiger partial charge >= 0.3 is 5.13 Å². The van der Waals surface area contributed by atoms with E-state index in [1.165, 1.54) is 9.59 Å². The summed E-state index contributed by atoms with van der Waals surface area (Å²) in [7, 11) is 1.56. The van der Waals surface area contributed by atoms with E-state index < -0.39 is 12.1 Å². The van der Waals surface area contributed by atoms with Gasteiger partial charge in [-0.1, -0.05) is 16.6 Å². The molecule has 0 spiro atoms. The van der Waals surface area contributed by atoms with Crippen molar-refractivity contribution >= 4 is 22.9 Å². The Morgan fingerprint density at radius 2 is 1.94 bits per heavy atom.